The van der Waals surface area contributed by atoms with Crippen molar-refractivity contribution < 1.29 is 9.84 Å². The van der Waals surface area contributed by atoms with Crippen LogP contribution in [0.3, 0.4) is 0 Å². The first-order valence-corrected chi connectivity index (χ1v) is 5.84. The summed E-state index contributed by atoms with van der Waals surface area (Å²) in [6, 6.07) is 6.07. The number of hydrogen-bond donors (Lipinski definition) is 2. The molecule has 88 valence electrons. The van der Waals surface area contributed by atoms with Crippen molar-refractivity contribution in [3.63, 3.8) is 0 Å². The molecule has 1 aromatic rings. The van der Waals surface area contributed by atoms with Crippen LogP contribution in [0.5, 0.6) is 0 Å². The number of aliphatic hydroxyl groups is 1. The minimum Gasteiger partial charge on any atom is -0.386 e. The van der Waals surface area contributed by atoms with Gasteiger partial charge in [-0.05, 0) is 25.8 Å². The third-order valence-electron chi connectivity index (χ3n) is 2.83. The van der Waals surface area contributed by atoms with Crippen molar-refractivity contribution in [2.24, 2.45) is 0 Å². The van der Waals surface area contributed by atoms with Gasteiger partial charge in [-0.15, -0.1) is 0 Å². The Balaban J connectivity index is 2.11. The van der Waals surface area contributed by atoms with Crippen LogP contribution >= 0.6 is 0 Å². The van der Waals surface area contributed by atoms with E-state index in [0.29, 0.717) is 6.61 Å². The fraction of sp³-hybridized carbons (Fsp3) is 0.538. The molecule has 0 amide bonds. The summed E-state index contributed by atoms with van der Waals surface area (Å²) in [7, 11) is 0. The zero-order chi connectivity index (χ0) is 11.5. The van der Waals surface area contributed by atoms with E-state index in [-0.39, 0.29) is 6.10 Å². The molecule has 2 rings (SSSR count). The predicted octanol–water partition coefficient (Wildman–Crippen LogP) is 2.11. The molecule has 0 aliphatic carbocycles. The van der Waals surface area contributed by atoms with Crippen molar-refractivity contribution >= 4 is 5.69 Å². The molecule has 0 spiro atoms. The average Bonchev–Trinajstić information content (AvgIpc) is 2.73. The molecule has 16 heavy (non-hydrogen) atoms. The highest BCUT2D eigenvalue weighted by molar-refractivity contribution is 5.61. The highest BCUT2D eigenvalue weighted by atomic mass is 16.5. The SMILES string of the molecule is CC(C)OCC(O)c1cccc2c1NCC2. The van der Waals surface area contributed by atoms with Crippen LogP contribution in [-0.2, 0) is 11.2 Å². The van der Waals surface area contributed by atoms with E-state index in [1.54, 1.807) is 0 Å². The van der Waals surface area contributed by atoms with Crippen molar-refractivity contribution in [3.05, 3.63) is 29.3 Å². The molecule has 3 nitrogen and oxygen atoms in total. The van der Waals surface area contributed by atoms with E-state index >= 15 is 0 Å². The second-order valence-corrected chi connectivity index (χ2v) is 4.46. The van der Waals surface area contributed by atoms with E-state index in [9.17, 15) is 5.11 Å². The van der Waals surface area contributed by atoms with Gasteiger partial charge in [-0.2, -0.15) is 0 Å². The second-order valence-electron chi connectivity index (χ2n) is 4.46. The summed E-state index contributed by atoms with van der Waals surface area (Å²) in [6.45, 7) is 5.26. The van der Waals surface area contributed by atoms with Crippen LogP contribution in [0.25, 0.3) is 0 Å². The zero-order valence-corrected chi connectivity index (χ0v) is 9.86. The maximum Gasteiger partial charge on any atom is 0.104 e. The first kappa shape index (κ1) is 11.4. The fourth-order valence-corrected chi connectivity index (χ4v) is 2.02. The summed E-state index contributed by atoms with van der Waals surface area (Å²) >= 11 is 0. The lowest BCUT2D eigenvalue weighted by Crippen LogP contribution is -2.13. The van der Waals surface area contributed by atoms with Gasteiger partial charge in [0, 0.05) is 17.8 Å². The van der Waals surface area contributed by atoms with E-state index in [1.807, 2.05) is 26.0 Å². The van der Waals surface area contributed by atoms with Crippen LogP contribution < -0.4 is 5.32 Å². The Morgan fingerprint density at radius 3 is 3.00 bits per heavy atom. The van der Waals surface area contributed by atoms with Gasteiger partial charge in [-0.1, -0.05) is 18.2 Å². The summed E-state index contributed by atoms with van der Waals surface area (Å²) in [5.74, 6) is 0. The number of anilines is 1. The quantitative estimate of drug-likeness (QED) is 0.818. The first-order valence-electron chi connectivity index (χ1n) is 5.84. The van der Waals surface area contributed by atoms with Crippen LogP contribution in [0, 0.1) is 0 Å². The highest BCUT2D eigenvalue weighted by Crippen LogP contribution is 2.30. The number of aliphatic hydroxyl groups excluding tert-OH is 1. The van der Waals surface area contributed by atoms with Gasteiger partial charge >= 0.3 is 0 Å². The van der Waals surface area contributed by atoms with Crippen molar-refractivity contribution in [2.45, 2.75) is 32.5 Å². The summed E-state index contributed by atoms with van der Waals surface area (Å²) < 4.78 is 5.44. The van der Waals surface area contributed by atoms with E-state index in [1.165, 1.54) is 5.56 Å². The highest BCUT2D eigenvalue weighted by Gasteiger charge is 2.18. The van der Waals surface area contributed by atoms with Gasteiger partial charge in [0.2, 0.25) is 0 Å². The Morgan fingerprint density at radius 2 is 2.25 bits per heavy atom. The molecule has 0 fully saturated rings. The van der Waals surface area contributed by atoms with Gasteiger partial charge in [0.15, 0.2) is 0 Å². The van der Waals surface area contributed by atoms with Crippen LogP contribution in [0.15, 0.2) is 18.2 Å². The molecule has 0 bridgehead atoms. The molecule has 3 heteroatoms. The monoisotopic (exact) mass is 221 g/mol. The van der Waals surface area contributed by atoms with E-state index in [4.69, 9.17) is 4.74 Å². The molecule has 1 heterocycles. The Hall–Kier alpha value is -1.06. The number of ether oxygens (including phenoxy) is 1. The molecule has 1 aromatic carbocycles. The third-order valence-corrected chi connectivity index (χ3v) is 2.83. The number of hydrogen-bond acceptors (Lipinski definition) is 3. The van der Waals surface area contributed by atoms with E-state index in [0.717, 1.165) is 24.2 Å². The fourth-order valence-electron chi connectivity index (χ4n) is 2.02. The Morgan fingerprint density at radius 1 is 1.44 bits per heavy atom. The van der Waals surface area contributed by atoms with Crippen LogP contribution in [0.4, 0.5) is 5.69 Å². The number of benzene rings is 1. The van der Waals surface area contributed by atoms with Crippen LogP contribution in [-0.4, -0.2) is 24.4 Å². The smallest absolute Gasteiger partial charge is 0.104 e. The van der Waals surface area contributed by atoms with Gasteiger partial charge in [-0.3, -0.25) is 0 Å². The maximum atomic E-state index is 10.1. The van der Waals surface area contributed by atoms with E-state index < -0.39 is 6.10 Å². The van der Waals surface area contributed by atoms with Gasteiger partial charge in [-0.25, -0.2) is 0 Å². The number of nitrogens with one attached hydrogen (secondary N) is 1. The van der Waals surface area contributed by atoms with Gasteiger partial charge < -0.3 is 15.2 Å². The molecule has 1 unspecified atom stereocenters. The Kier molecular flexibility index (Phi) is 3.46. The summed E-state index contributed by atoms with van der Waals surface area (Å²) in [4.78, 5) is 0. The molecule has 1 aliphatic rings. The summed E-state index contributed by atoms with van der Waals surface area (Å²) in [5, 5.41) is 13.4. The Labute approximate surface area is 96.4 Å². The number of rotatable bonds is 4. The normalized spacial score (nSPS) is 16.0. The molecular weight excluding hydrogens is 202 g/mol. The first-order chi connectivity index (χ1) is 7.68. The van der Waals surface area contributed by atoms with Crippen LogP contribution in [0.2, 0.25) is 0 Å². The minimum absolute atomic E-state index is 0.152. The third kappa shape index (κ3) is 2.36. The molecule has 2 N–H and O–H groups in total. The molecule has 0 saturated heterocycles. The number of para-hydroxylation sites is 1. The molecule has 0 saturated carbocycles. The lowest BCUT2D eigenvalue weighted by molar-refractivity contribution is 0.00520. The zero-order valence-electron chi connectivity index (χ0n) is 9.86. The average molecular weight is 221 g/mol. The van der Waals surface area contributed by atoms with Crippen molar-refractivity contribution in [2.75, 3.05) is 18.5 Å². The minimum atomic E-state index is -0.539. The van der Waals surface area contributed by atoms with Gasteiger partial charge in [0.1, 0.15) is 6.10 Å². The van der Waals surface area contributed by atoms with Crippen LogP contribution in [0.1, 0.15) is 31.1 Å². The van der Waals surface area contributed by atoms with Crippen molar-refractivity contribution in [1.82, 2.24) is 0 Å². The lowest BCUT2D eigenvalue weighted by atomic mass is 10.0. The molecular formula is C13H19NO2. The van der Waals surface area contributed by atoms with Gasteiger partial charge in [0.05, 0.1) is 12.7 Å². The standard InChI is InChI=1S/C13H19NO2/c1-9(2)16-8-12(15)11-5-3-4-10-6-7-14-13(10)11/h3-5,9,12,14-15H,6-8H2,1-2H3. The molecule has 0 aromatic heterocycles. The molecule has 1 aliphatic heterocycles. The topological polar surface area (TPSA) is 41.5 Å². The maximum absolute atomic E-state index is 10.1. The van der Waals surface area contributed by atoms with Crippen molar-refractivity contribution in [1.29, 1.82) is 0 Å². The van der Waals surface area contributed by atoms with Gasteiger partial charge in [0.25, 0.3) is 0 Å². The number of fused-ring (bicyclic) bond motifs is 1. The summed E-state index contributed by atoms with van der Waals surface area (Å²) in [6.07, 6.45) is 0.656. The Bertz CT molecular complexity index is 363. The van der Waals surface area contributed by atoms with Crippen molar-refractivity contribution in [3.8, 4) is 0 Å². The van der Waals surface area contributed by atoms with E-state index in [2.05, 4.69) is 11.4 Å². The lowest BCUT2D eigenvalue weighted by Gasteiger charge is -2.16. The largest absolute Gasteiger partial charge is 0.386 e. The molecule has 1 atom stereocenters. The predicted molar refractivity (Wildman–Crippen MR) is 64.7 cm³/mol. The second kappa shape index (κ2) is 4.85. The molecule has 0 radical (unpaired) electrons. The summed E-state index contributed by atoms with van der Waals surface area (Å²) in [5.41, 5.74) is 3.35.